The summed E-state index contributed by atoms with van der Waals surface area (Å²) in [6.45, 7) is 6.27. The van der Waals surface area contributed by atoms with Gasteiger partial charge in [-0.05, 0) is 91.6 Å². The Morgan fingerprint density at radius 3 is 2.46 bits per heavy atom. The molecule has 2 unspecified atom stereocenters. The molecule has 1 saturated carbocycles. The highest BCUT2D eigenvalue weighted by Gasteiger charge is 2.31. The molecule has 2 aromatic heterocycles. The number of thiazole rings is 1. The van der Waals surface area contributed by atoms with E-state index < -0.39 is 6.36 Å². The van der Waals surface area contributed by atoms with E-state index in [1.54, 1.807) is 7.11 Å². The van der Waals surface area contributed by atoms with E-state index in [1.165, 1.54) is 52.2 Å². The summed E-state index contributed by atoms with van der Waals surface area (Å²) in [5.41, 5.74) is 5.62. The van der Waals surface area contributed by atoms with E-state index in [1.807, 2.05) is 47.2 Å². The van der Waals surface area contributed by atoms with Crippen LogP contribution in [0.2, 0.25) is 0 Å². The number of rotatable bonds is 8. The Morgan fingerprint density at radius 2 is 1.77 bits per heavy atom. The van der Waals surface area contributed by atoms with Gasteiger partial charge in [0.1, 0.15) is 17.8 Å². The van der Waals surface area contributed by atoms with Crippen LogP contribution in [0.15, 0.2) is 83.4 Å². The van der Waals surface area contributed by atoms with Crippen LogP contribution in [0.25, 0.3) is 22.8 Å². The molecule has 0 spiro atoms. The van der Waals surface area contributed by atoms with Gasteiger partial charge in [0.25, 0.3) is 0 Å². The monoisotopic (exact) mass is 676 g/mol. The third kappa shape index (κ3) is 7.46. The largest absolute Gasteiger partial charge is 0.573 e. The van der Waals surface area contributed by atoms with Gasteiger partial charge in [0.2, 0.25) is 0 Å². The molecule has 1 aliphatic carbocycles. The van der Waals surface area contributed by atoms with E-state index >= 15 is 0 Å². The summed E-state index contributed by atoms with van der Waals surface area (Å²) < 4.78 is 50.3. The number of ether oxygens (including phenoxy) is 2. The molecule has 0 bridgehead atoms. The normalized spacial score (nSPS) is 16.8. The van der Waals surface area contributed by atoms with Gasteiger partial charge in [-0.25, -0.2) is 14.5 Å². The highest BCUT2D eigenvalue weighted by molar-refractivity contribution is 7.07. The lowest BCUT2D eigenvalue weighted by atomic mass is 9.96. The minimum absolute atomic E-state index is 0.0120. The lowest BCUT2D eigenvalue weighted by molar-refractivity contribution is -0.274. The Hall–Kier alpha value is -4.91. The van der Waals surface area contributed by atoms with Crippen LogP contribution in [0.4, 0.5) is 18.0 Å². The molecule has 13 heteroatoms. The molecule has 0 saturated heterocycles. The lowest BCUT2D eigenvalue weighted by Gasteiger charge is -2.16. The minimum Gasteiger partial charge on any atom is -0.497 e. The maximum atomic E-state index is 13.1. The van der Waals surface area contributed by atoms with Gasteiger partial charge >= 0.3 is 12.4 Å². The zero-order valence-corrected chi connectivity index (χ0v) is 27.7. The van der Waals surface area contributed by atoms with Crippen molar-refractivity contribution in [3.8, 4) is 34.3 Å². The molecule has 5 aromatic rings. The third-order valence-corrected chi connectivity index (χ3v) is 9.34. The fraction of sp³-hybridized carbons (Fsp3) is 0.314. The van der Waals surface area contributed by atoms with Gasteiger partial charge in [0.05, 0.1) is 18.5 Å². The predicted molar refractivity (Wildman–Crippen MR) is 177 cm³/mol. The summed E-state index contributed by atoms with van der Waals surface area (Å²) in [6, 6.07) is 19.1. The summed E-state index contributed by atoms with van der Waals surface area (Å²) in [5, 5.41) is 9.61. The molecule has 2 amide bonds. The minimum atomic E-state index is -4.75. The number of nitrogens with one attached hydrogen (secondary N) is 1. The molecule has 0 radical (unpaired) electrons. The number of aromatic nitrogens is 4. The summed E-state index contributed by atoms with van der Waals surface area (Å²) in [4.78, 5) is 22.6. The molecule has 1 fully saturated rings. The number of hydrogen-bond acceptors (Lipinski definition) is 6. The van der Waals surface area contributed by atoms with E-state index in [4.69, 9.17) is 4.74 Å². The lowest BCUT2D eigenvalue weighted by Crippen LogP contribution is -2.32. The highest BCUT2D eigenvalue weighted by atomic mass is 32.1. The van der Waals surface area contributed by atoms with Crippen LogP contribution in [0.5, 0.6) is 11.5 Å². The van der Waals surface area contributed by atoms with Gasteiger partial charge in [0.15, 0.2) is 10.6 Å². The van der Waals surface area contributed by atoms with Crippen LogP contribution in [0.1, 0.15) is 61.8 Å². The first-order chi connectivity index (χ1) is 23.0. The number of methoxy groups -OCH3 is 1. The van der Waals surface area contributed by atoms with Gasteiger partial charge in [-0.3, -0.25) is 4.57 Å². The number of aryl methyl sites for hydroxylation is 1. The van der Waals surface area contributed by atoms with E-state index in [9.17, 15) is 18.0 Å². The predicted octanol–water partition coefficient (Wildman–Crippen LogP) is 8.07. The molecular formula is C35H35F3N6O3S. The average Bonchev–Trinajstić information content (AvgIpc) is 3.81. The highest BCUT2D eigenvalue weighted by Crippen LogP contribution is 2.35. The molecular weight excluding hydrogens is 641 g/mol. The summed E-state index contributed by atoms with van der Waals surface area (Å²) in [6.07, 6.45) is -0.640. The van der Waals surface area contributed by atoms with Crippen LogP contribution < -0.4 is 19.6 Å². The van der Waals surface area contributed by atoms with Crippen LogP contribution in [-0.4, -0.2) is 44.9 Å². The number of benzene rings is 3. The van der Waals surface area contributed by atoms with E-state index in [0.29, 0.717) is 16.3 Å². The number of halogens is 3. The Labute approximate surface area is 279 Å². The number of nitrogens with zero attached hydrogens (tertiary/aromatic N) is 5. The van der Waals surface area contributed by atoms with Crippen molar-refractivity contribution in [2.24, 2.45) is 4.99 Å². The van der Waals surface area contributed by atoms with E-state index in [0.717, 1.165) is 47.5 Å². The van der Waals surface area contributed by atoms with Gasteiger partial charge in [-0.1, -0.05) is 38.1 Å². The van der Waals surface area contributed by atoms with E-state index in [2.05, 4.69) is 51.1 Å². The van der Waals surface area contributed by atoms with Gasteiger partial charge in [-0.15, -0.1) is 29.6 Å². The molecule has 2 atom stereocenters. The van der Waals surface area contributed by atoms with Gasteiger partial charge < -0.3 is 14.8 Å². The van der Waals surface area contributed by atoms with Gasteiger partial charge in [-0.2, -0.15) is 4.99 Å². The Morgan fingerprint density at radius 1 is 1.04 bits per heavy atom. The smallest absolute Gasteiger partial charge is 0.497 e. The SMILES string of the molecule is COc1ccc(-n2c(C)csc2=NC(=O)NC2CCC(c3ccc(-c4ncn(-c5ccc(OC(F)(F)F)cc5)n4)cc3)C2)c(C(C)C)c1. The van der Waals surface area contributed by atoms with Crippen molar-refractivity contribution in [1.29, 1.82) is 0 Å². The number of carbonyl (C=O) groups is 1. The maximum Gasteiger partial charge on any atom is 0.573 e. The van der Waals surface area contributed by atoms with Crippen molar-refractivity contribution < 1.29 is 27.4 Å². The zero-order chi connectivity index (χ0) is 34.0. The standard InChI is InChI=1S/C35H35F3N6O3S/c1-21(2)30-18-29(46-4)15-16-31(30)44-22(3)19-48-34(44)41-33(45)40-26-10-9-25(17-26)23-5-7-24(8-6-23)32-39-20-43(42-32)27-11-13-28(14-12-27)47-35(36,37)38/h5-8,11-16,18-21,25-26H,9-10,17H2,1-4H3,(H,40,45). The number of alkyl halides is 3. The van der Waals surface area contributed by atoms with E-state index in [-0.39, 0.29) is 29.7 Å². The maximum absolute atomic E-state index is 13.1. The average molecular weight is 677 g/mol. The molecule has 6 rings (SSSR count). The van der Waals surface area contributed by atoms with Crippen molar-refractivity contribution >= 4 is 17.4 Å². The second kappa shape index (κ2) is 13.7. The zero-order valence-electron chi connectivity index (χ0n) is 26.9. The first kappa shape index (κ1) is 33.0. The first-order valence-corrected chi connectivity index (χ1v) is 16.4. The topological polar surface area (TPSA) is 95.6 Å². The van der Waals surface area contributed by atoms with Crippen molar-refractivity contribution in [3.63, 3.8) is 0 Å². The fourth-order valence-electron chi connectivity index (χ4n) is 6.02. The third-order valence-electron chi connectivity index (χ3n) is 8.40. The summed E-state index contributed by atoms with van der Waals surface area (Å²) in [7, 11) is 1.65. The molecule has 2 heterocycles. The van der Waals surface area contributed by atoms with Crippen LogP contribution >= 0.6 is 11.3 Å². The molecule has 3 aromatic carbocycles. The second-order valence-corrected chi connectivity index (χ2v) is 12.9. The molecule has 48 heavy (non-hydrogen) atoms. The fourth-order valence-corrected chi connectivity index (χ4v) is 6.89. The Kier molecular flexibility index (Phi) is 9.40. The van der Waals surface area contributed by atoms with Crippen molar-refractivity contribution in [1.82, 2.24) is 24.6 Å². The van der Waals surface area contributed by atoms with Crippen molar-refractivity contribution in [2.75, 3.05) is 7.11 Å². The van der Waals surface area contributed by atoms with Crippen molar-refractivity contribution in [3.05, 3.63) is 100 Å². The van der Waals surface area contributed by atoms with Gasteiger partial charge in [0, 0.05) is 22.7 Å². The summed E-state index contributed by atoms with van der Waals surface area (Å²) in [5.74, 6) is 1.51. The quantitative estimate of drug-likeness (QED) is 0.179. The van der Waals surface area contributed by atoms with Crippen LogP contribution in [0, 0.1) is 6.92 Å². The number of urea groups is 1. The second-order valence-electron chi connectivity index (χ2n) is 12.0. The Bertz CT molecular complexity index is 1960. The number of amides is 2. The Balaban J connectivity index is 1.09. The number of hydrogen-bond donors (Lipinski definition) is 1. The molecule has 1 N–H and O–H groups in total. The van der Waals surface area contributed by atoms with Crippen molar-refractivity contribution in [2.45, 2.75) is 64.3 Å². The molecule has 250 valence electrons. The first-order valence-electron chi connectivity index (χ1n) is 15.6. The molecule has 1 aliphatic rings. The molecule has 9 nitrogen and oxygen atoms in total. The summed E-state index contributed by atoms with van der Waals surface area (Å²) >= 11 is 1.44. The van der Waals surface area contributed by atoms with Crippen LogP contribution in [0.3, 0.4) is 0 Å². The van der Waals surface area contributed by atoms with Crippen LogP contribution in [-0.2, 0) is 0 Å². The molecule has 0 aliphatic heterocycles. The number of carbonyl (C=O) groups excluding carboxylic acids is 1.